The van der Waals surface area contributed by atoms with E-state index in [4.69, 9.17) is 0 Å². The first-order valence-corrected chi connectivity index (χ1v) is 7.68. The molecule has 3 nitrogen and oxygen atoms in total. The van der Waals surface area contributed by atoms with Crippen molar-refractivity contribution in [2.45, 2.75) is 64.0 Å². The van der Waals surface area contributed by atoms with Gasteiger partial charge in [0.05, 0.1) is 12.0 Å². The Morgan fingerprint density at radius 3 is 2.61 bits per heavy atom. The molecule has 0 spiro atoms. The summed E-state index contributed by atoms with van der Waals surface area (Å²) in [5.41, 5.74) is 0. The number of rotatable bonds is 4. The molecule has 2 aliphatic rings. The van der Waals surface area contributed by atoms with Gasteiger partial charge in [0.1, 0.15) is 0 Å². The highest BCUT2D eigenvalue weighted by molar-refractivity contribution is 4.94. The second kappa shape index (κ2) is 7.11. The summed E-state index contributed by atoms with van der Waals surface area (Å²) in [7, 11) is 0. The molecule has 1 heterocycles. The third kappa shape index (κ3) is 3.70. The van der Waals surface area contributed by atoms with Crippen LogP contribution in [0, 0.1) is 17.2 Å². The first-order chi connectivity index (χ1) is 8.81. The Bertz CT molecular complexity index is 278. The van der Waals surface area contributed by atoms with Crippen molar-refractivity contribution < 1.29 is 0 Å². The number of nitriles is 1. The van der Waals surface area contributed by atoms with Crippen LogP contribution in [0.25, 0.3) is 0 Å². The smallest absolute Gasteiger partial charge is 0.0672 e. The van der Waals surface area contributed by atoms with Crippen LogP contribution in [0.15, 0.2) is 0 Å². The van der Waals surface area contributed by atoms with E-state index in [-0.39, 0.29) is 5.92 Å². The van der Waals surface area contributed by atoms with Crippen LogP contribution in [0.5, 0.6) is 0 Å². The van der Waals surface area contributed by atoms with Crippen molar-refractivity contribution >= 4 is 0 Å². The predicted molar refractivity (Wildman–Crippen MR) is 74.2 cm³/mol. The molecule has 3 heteroatoms. The lowest BCUT2D eigenvalue weighted by atomic mass is 9.96. The molecule has 0 aromatic rings. The molecular weight excluding hydrogens is 222 g/mol. The summed E-state index contributed by atoms with van der Waals surface area (Å²) in [6.45, 7) is 5.88. The van der Waals surface area contributed by atoms with Crippen LogP contribution in [0.2, 0.25) is 0 Å². The molecule has 2 rings (SSSR count). The molecule has 1 aliphatic carbocycles. The molecule has 0 aromatic carbocycles. The van der Waals surface area contributed by atoms with Gasteiger partial charge in [-0.2, -0.15) is 5.26 Å². The molecule has 0 amide bonds. The van der Waals surface area contributed by atoms with Gasteiger partial charge >= 0.3 is 0 Å². The summed E-state index contributed by atoms with van der Waals surface area (Å²) in [5, 5.41) is 12.9. The minimum Gasteiger partial charge on any atom is -0.311 e. The lowest BCUT2D eigenvalue weighted by molar-refractivity contribution is 0.238. The molecule has 102 valence electrons. The number of hydrogen-bond donors (Lipinski definition) is 1. The van der Waals surface area contributed by atoms with Crippen LogP contribution in [0.1, 0.15) is 51.9 Å². The Balaban J connectivity index is 1.78. The number of nitrogens with zero attached hydrogens (tertiary/aromatic N) is 2. The van der Waals surface area contributed by atoms with Gasteiger partial charge in [-0.3, -0.25) is 4.90 Å². The van der Waals surface area contributed by atoms with Gasteiger partial charge in [-0.15, -0.1) is 0 Å². The van der Waals surface area contributed by atoms with Crippen LogP contribution >= 0.6 is 0 Å². The zero-order valence-corrected chi connectivity index (χ0v) is 11.7. The maximum Gasteiger partial charge on any atom is 0.0672 e. The third-order valence-electron chi connectivity index (χ3n) is 4.62. The highest BCUT2D eigenvalue weighted by Gasteiger charge is 2.24. The van der Waals surface area contributed by atoms with Crippen molar-refractivity contribution in [2.75, 3.05) is 19.6 Å². The average molecular weight is 249 g/mol. The van der Waals surface area contributed by atoms with Crippen LogP contribution in [-0.2, 0) is 0 Å². The zero-order valence-electron chi connectivity index (χ0n) is 11.7. The molecule has 1 N–H and O–H groups in total. The van der Waals surface area contributed by atoms with Crippen LogP contribution < -0.4 is 5.32 Å². The normalized spacial score (nSPS) is 31.8. The van der Waals surface area contributed by atoms with Crippen molar-refractivity contribution in [2.24, 2.45) is 5.92 Å². The number of likely N-dealkylation sites (tertiary alicyclic amines) is 1. The van der Waals surface area contributed by atoms with E-state index in [1.807, 2.05) is 0 Å². The topological polar surface area (TPSA) is 39.1 Å². The van der Waals surface area contributed by atoms with Gasteiger partial charge in [0.15, 0.2) is 0 Å². The Labute approximate surface area is 112 Å². The highest BCUT2D eigenvalue weighted by atomic mass is 15.2. The van der Waals surface area contributed by atoms with E-state index in [1.54, 1.807) is 0 Å². The predicted octanol–water partition coefficient (Wildman–Crippen LogP) is 2.53. The summed E-state index contributed by atoms with van der Waals surface area (Å²) >= 11 is 0. The fourth-order valence-electron chi connectivity index (χ4n) is 3.34. The van der Waals surface area contributed by atoms with E-state index in [0.717, 1.165) is 13.0 Å². The molecule has 2 fully saturated rings. The Kier molecular flexibility index (Phi) is 5.46. The molecule has 0 bridgehead atoms. The monoisotopic (exact) mass is 249 g/mol. The molecule has 0 radical (unpaired) electrons. The van der Waals surface area contributed by atoms with E-state index in [2.05, 4.69) is 23.2 Å². The summed E-state index contributed by atoms with van der Waals surface area (Å²) in [4.78, 5) is 2.57. The van der Waals surface area contributed by atoms with E-state index >= 15 is 0 Å². The standard InChI is InChI=1S/C15H27N3/c1-13(18-9-5-6-10-18)12-17-15-8-4-2-3-7-14(15)11-16/h13-15,17H,2-10,12H2,1H3. The van der Waals surface area contributed by atoms with Gasteiger partial charge in [-0.1, -0.05) is 19.3 Å². The van der Waals surface area contributed by atoms with Crippen molar-refractivity contribution in [3.05, 3.63) is 0 Å². The second-order valence-corrected chi connectivity index (χ2v) is 5.98. The molecule has 3 atom stereocenters. The fraction of sp³-hybridized carbons (Fsp3) is 0.933. The molecule has 0 aromatic heterocycles. The van der Waals surface area contributed by atoms with Gasteiger partial charge in [0, 0.05) is 18.6 Å². The lowest BCUT2D eigenvalue weighted by Gasteiger charge is -2.28. The Hall–Kier alpha value is -0.590. The van der Waals surface area contributed by atoms with Gasteiger partial charge in [0.25, 0.3) is 0 Å². The van der Waals surface area contributed by atoms with Gasteiger partial charge in [-0.25, -0.2) is 0 Å². The molecule has 3 unspecified atom stereocenters. The van der Waals surface area contributed by atoms with Crippen molar-refractivity contribution in [1.82, 2.24) is 10.2 Å². The van der Waals surface area contributed by atoms with E-state index in [0.29, 0.717) is 12.1 Å². The van der Waals surface area contributed by atoms with E-state index < -0.39 is 0 Å². The van der Waals surface area contributed by atoms with Gasteiger partial charge in [0.2, 0.25) is 0 Å². The van der Waals surface area contributed by atoms with Crippen molar-refractivity contribution in [3.63, 3.8) is 0 Å². The average Bonchev–Trinajstić information content (AvgIpc) is 2.82. The summed E-state index contributed by atoms with van der Waals surface area (Å²) in [6, 6.07) is 3.56. The molecule has 1 aliphatic heterocycles. The van der Waals surface area contributed by atoms with Gasteiger partial charge < -0.3 is 5.32 Å². The molecular formula is C15H27N3. The second-order valence-electron chi connectivity index (χ2n) is 5.98. The Morgan fingerprint density at radius 2 is 1.89 bits per heavy atom. The minimum absolute atomic E-state index is 0.235. The largest absolute Gasteiger partial charge is 0.311 e. The first-order valence-electron chi connectivity index (χ1n) is 7.68. The maximum atomic E-state index is 9.26. The summed E-state index contributed by atoms with van der Waals surface area (Å²) in [6.07, 6.45) is 8.81. The van der Waals surface area contributed by atoms with Crippen LogP contribution in [-0.4, -0.2) is 36.6 Å². The maximum absolute atomic E-state index is 9.26. The minimum atomic E-state index is 0.235. The zero-order chi connectivity index (χ0) is 12.8. The van der Waals surface area contributed by atoms with Gasteiger partial charge in [-0.05, 0) is 45.7 Å². The third-order valence-corrected chi connectivity index (χ3v) is 4.62. The highest BCUT2D eigenvalue weighted by Crippen LogP contribution is 2.23. The quantitative estimate of drug-likeness (QED) is 0.778. The fourth-order valence-corrected chi connectivity index (χ4v) is 3.34. The molecule has 18 heavy (non-hydrogen) atoms. The lowest BCUT2D eigenvalue weighted by Crippen LogP contribution is -2.44. The van der Waals surface area contributed by atoms with E-state index in [9.17, 15) is 5.26 Å². The van der Waals surface area contributed by atoms with E-state index in [1.165, 1.54) is 51.6 Å². The molecule has 1 saturated carbocycles. The first kappa shape index (κ1) is 13.8. The number of nitrogens with one attached hydrogen (secondary N) is 1. The summed E-state index contributed by atoms with van der Waals surface area (Å²) < 4.78 is 0. The van der Waals surface area contributed by atoms with Crippen LogP contribution in [0.3, 0.4) is 0 Å². The number of hydrogen-bond acceptors (Lipinski definition) is 3. The Morgan fingerprint density at radius 1 is 1.17 bits per heavy atom. The van der Waals surface area contributed by atoms with Crippen molar-refractivity contribution in [3.8, 4) is 6.07 Å². The summed E-state index contributed by atoms with van der Waals surface area (Å²) in [5.74, 6) is 0.235. The SMILES string of the molecule is CC(CNC1CCCCCC1C#N)N1CCCC1. The van der Waals surface area contributed by atoms with Crippen LogP contribution in [0.4, 0.5) is 0 Å². The molecule has 1 saturated heterocycles. The van der Waals surface area contributed by atoms with Crippen molar-refractivity contribution in [1.29, 1.82) is 5.26 Å².